The number of thiophene rings is 1. The summed E-state index contributed by atoms with van der Waals surface area (Å²) in [4.78, 5) is 0. The van der Waals surface area contributed by atoms with Crippen LogP contribution in [0.2, 0.25) is 4.34 Å². The molecule has 4 rings (SSSR count). The molecule has 6 nitrogen and oxygen atoms in total. The zero-order chi connectivity index (χ0) is 20.6. The van der Waals surface area contributed by atoms with Gasteiger partial charge in [-0.15, -0.1) is 11.3 Å². The number of sulfonamides is 1. The van der Waals surface area contributed by atoms with E-state index in [9.17, 15) is 8.42 Å². The van der Waals surface area contributed by atoms with Gasteiger partial charge >= 0.3 is 0 Å². The van der Waals surface area contributed by atoms with Crippen LogP contribution in [0, 0.1) is 6.92 Å². The molecule has 1 aliphatic heterocycles. The Bertz CT molecular complexity index is 1120. The molecule has 2 aromatic heterocycles. The van der Waals surface area contributed by atoms with Crippen LogP contribution in [0.1, 0.15) is 28.1 Å². The lowest BCUT2D eigenvalue weighted by Crippen LogP contribution is -2.36. The van der Waals surface area contributed by atoms with E-state index in [4.69, 9.17) is 16.3 Å². The molecule has 0 spiro atoms. The van der Waals surface area contributed by atoms with Gasteiger partial charge in [-0.25, -0.2) is 8.42 Å². The first-order valence-corrected chi connectivity index (χ1v) is 11.9. The molecule has 1 aliphatic rings. The lowest BCUT2D eigenvalue weighted by molar-refractivity contribution is 0.103. The fourth-order valence-electron chi connectivity index (χ4n) is 3.48. The molecule has 0 radical (unpaired) electrons. The van der Waals surface area contributed by atoms with Gasteiger partial charge in [-0.3, -0.25) is 4.68 Å². The molecule has 9 heteroatoms. The summed E-state index contributed by atoms with van der Waals surface area (Å²) in [5, 5.41) is 4.58. The maximum atomic E-state index is 13.0. The van der Waals surface area contributed by atoms with Crippen molar-refractivity contribution in [2.24, 2.45) is 7.05 Å². The van der Waals surface area contributed by atoms with Crippen LogP contribution >= 0.6 is 22.9 Å². The van der Waals surface area contributed by atoms with Gasteiger partial charge < -0.3 is 4.74 Å². The van der Waals surface area contributed by atoms with E-state index in [1.54, 1.807) is 12.1 Å². The van der Waals surface area contributed by atoms with Crippen molar-refractivity contribution >= 4 is 33.0 Å². The van der Waals surface area contributed by atoms with Gasteiger partial charge in [0.05, 0.1) is 23.2 Å². The molecule has 0 saturated heterocycles. The van der Waals surface area contributed by atoms with Crippen molar-refractivity contribution in [1.82, 2.24) is 14.1 Å². The Morgan fingerprint density at radius 3 is 2.62 bits per heavy atom. The van der Waals surface area contributed by atoms with E-state index in [-0.39, 0.29) is 4.21 Å². The van der Waals surface area contributed by atoms with E-state index in [1.165, 1.54) is 9.87 Å². The molecule has 29 heavy (non-hydrogen) atoms. The van der Waals surface area contributed by atoms with E-state index in [1.807, 2.05) is 23.9 Å². The summed E-state index contributed by atoms with van der Waals surface area (Å²) in [6.07, 6.45) is 0.620. The first-order chi connectivity index (χ1) is 13.8. The van der Waals surface area contributed by atoms with E-state index >= 15 is 0 Å². The molecular formula is C20H22ClN3O3S2. The van der Waals surface area contributed by atoms with Crippen molar-refractivity contribution in [3.05, 3.63) is 68.8 Å². The summed E-state index contributed by atoms with van der Waals surface area (Å²) in [5.74, 6) is 0. The minimum Gasteiger partial charge on any atom is -0.370 e. The second-order valence-corrected chi connectivity index (χ2v) is 11.0. The second kappa shape index (κ2) is 8.20. The lowest BCUT2D eigenvalue weighted by atomic mass is 10.1. The Balaban J connectivity index is 1.49. The second-order valence-electron chi connectivity index (χ2n) is 7.12. The highest BCUT2D eigenvalue weighted by atomic mass is 35.5. The van der Waals surface area contributed by atoms with E-state index < -0.39 is 10.0 Å². The molecule has 0 unspecified atom stereocenters. The largest absolute Gasteiger partial charge is 0.370 e. The smallest absolute Gasteiger partial charge is 0.252 e. The Kier molecular flexibility index (Phi) is 5.81. The molecule has 3 aromatic rings. The number of halogens is 1. The van der Waals surface area contributed by atoms with Crippen LogP contribution in [0.3, 0.4) is 0 Å². The van der Waals surface area contributed by atoms with Gasteiger partial charge in [-0.05, 0) is 24.6 Å². The molecule has 0 saturated carbocycles. The summed E-state index contributed by atoms with van der Waals surface area (Å²) in [6, 6.07) is 11.4. The number of ether oxygens (including phenoxy) is 1. The first-order valence-electron chi connectivity index (χ1n) is 9.27. The van der Waals surface area contributed by atoms with Crippen LogP contribution in [0.5, 0.6) is 0 Å². The zero-order valence-corrected chi connectivity index (χ0v) is 18.6. The van der Waals surface area contributed by atoms with Gasteiger partial charge in [0, 0.05) is 37.8 Å². The first kappa shape index (κ1) is 20.6. The number of benzene rings is 1. The monoisotopic (exact) mass is 451 g/mol. The Hall–Kier alpha value is -1.71. The maximum Gasteiger partial charge on any atom is 0.252 e. The van der Waals surface area contributed by atoms with Crippen molar-refractivity contribution in [3.63, 3.8) is 0 Å². The number of hydrogen-bond donors (Lipinski definition) is 0. The van der Waals surface area contributed by atoms with Crippen LogP contribution in [-0.2, 0) is 48.0 Å². The zero-order valence-electron chi connectivity index (χ0n) is 16.3. The third-order valence-corrected chi connectivity index (χ3v) is 8.61. The van der Waals surface area contributed by atoms with Crippen molar-refractivity contribution in [2.75, 3.05) is 6.54 Å². The molecule has 1 aromatic carbocycles. The minimum atomic E-state index is -3.57. The van der Waals surface area contributed by atoms with Crippen LogP contribution in [0.25, 0.3) is 0 Å². The normalized spacial score (nSPS) is 14.9. The van der Waals surface area contributed by atoms with Crippen molar-refractivity contribution in [1.29, 1.82) is 0 Å². The van der Waals surface area contributed by atoms with E-state index in [0.717, 1.165) is 33.9 Å². The molecule has 0 N–H and O–H groups in total. The number of nitrogens with zero attached hydrogens (tertiary/aromatic N) is 3. The topological polar surface area (TPSA) is 64.4 Å². The highest BCUT2D eigenvalue weighted by molar-refractivity contribution is 7.91. The highest BCUT2D eigenvalue weighted by Crippen LogP contribution is 2.32. The summed E-state index contributed by atoms with van der Waals surface area (Å²) in [7, 11) is -1.68. The standard InChI is InChI=1S/C20H22ClN3O3S2/c1-14-3-5-15(6-4-14)12-27-13-17-16-11-24(10-9-18(16)23(2)22-17)29(25,26)20-8-7-19(21)28-20/h3-8H,9-13H2,1-2H3. The molecule has 0 amide bonds. The summed E-state index contributed by atoms with van der Waals surface area (Å²) in [6.45, 7) is 3.60. The van der Waals surface area contributed by atoms with Crippen LogP contribution in [-0.4, -0.2) is 29.0 Å². The molecule has 0 bridgehead atoms. The minimum absolute atomic E-state index is 0.270. The predicted octanol–water partition coefficient (Wildman–Crippen LogP) is 3.91. The van der Waals surface area contributed by atoms with Gasteiger partial charge in [0.15, 0.2) is 0 Å². The average Bonchev–Trinajstić information content (AvgIpc) is 3.27. The summed E-state index contributed by atoms with van der Waals surface area (Å²) in [5.41, 5.74) is 5.10. The van der Waals surface area contributed by atoms with Gasteiger partial charge in [0.2, 0.25) is 0 Å². The Morgan fingerprint density at radius 2 is 1.93 bits per heavy atom. The molecule has 3 heterocycles. The Labute approximate surface area is 179 Å². The third kappa shape index (κ3) is 4.27. The van der Waals surface area contributed by atoms with Crippen LogP contribution in [0.4, 0.5) is 0 Å². The van der Waals surface area contributed by atoms with Gasteiger partial charge in [-0.1, -0.05) is 41.4 Å². The number of aromatic nitrogens is 2. The summed E-state index contributed by atoms with van der Waals surface area (Å²) < 4.78 is 35.9. The molecule has 0 aliphatic carbocycles. The predicted molar refractivity (Wildman–Crippen MR) is 114 cm³/mol. The third-order valence-electron chi connectivity index (χ3n) is 5.06. The Morgan fingerprint density at radius 1 is 1.17 bits per heavy atom. The lowest BCUT2D eigenvalue weighted by Gasteiger charge is -2.26. The molecule has 154 valence electrons. The number of fused-ring (bicyclic) bond motifs is 1. The molecular weight excluding hydrogens is 430 g/mol. The van der Waals surface area contributed by atoms with Crippen LogP contribution in [0.15, 0.2) is 40.6 Å². The number of hydrogen-bond acceptors (Lipinski definition) is 5. The fraction of sp³-hybridized carbons (Fsp3) is 0.350. The molecule has 0 fully saturated rings. The molecule has 0 atom stereocenters. The van der Waals surface area contributed by atoms with Crippen molar-refractivity contribution in [3.8, 4) is 0 Å². The summed E-state index contributed by atoms with van der Waals surface area (Å²) >= 11 is 7.02. The quantitative estimate of drug-likeness (QED) is 0.570. The van der Waals surface area contributed by atoms with Gasteiger partial charge in [0.1, 0.15) is 4.21 Å². The van der Waals surface area contributed by atoms with Crippen LogP contribution < -0.4 is 0 Å². The van der Waals surface area contributed by atoms with Gasteiger partial charge in [-0.2, -0.15) is 9.40 Å². The van der Waals surface area contributed by atoms with Crippen molar-refractivity contribution in [2.45, 2.75) is 37.3 Å². The fourth-order valence-corrected chi connectivity index (χ4v) is 6.53. The van der Waals surface area contributed by atoms with E-state index in [2.05, 4.69) is 24.2 Å². The van der Waals surface area contributed by atoms with Gasteiger partial charge in [0.25, 0.3) is 10.0 Å². The number of rotatable bonds is 6. The highest BCUT2D eigenvalue weighted by Gasteiger charge is 2.32. The van der Waals surface area contributed by atoms with E-state index in [0.29, 0.717) is 37.1 Å². The maximum absolute atomic E-state index is 13.0. The SMILES string of the molecule is Cc1ccc(COCc2nn(C)c3c2CN(S(=O)(=O)c2ccc(Cl)s2)CC3)cc1. The number of aryl methyl sites for hydroxylation is 2. The average molecular weight is 452 g/mol. The van der Waals surface area contributed by atoms with Crippen molar-refractivity contribution < 1.29 is 13.2 Å².